The summed E-state index contributed by atoms with van der Waals surface area (Å²) in [7, 11) is 0. The van der Waals surface area contributed by atoms with E-state index in [1.807, 2.05) is 60.7 Å². The van der Waals surface area contributed by atoms with Gasteiger partial charge >= 0.3 is 6.18 Å². The van der Waals surface area contributed by atoms with Crippen LogP contribution in [-0.4, -0.2) is 29.9 Å². The molecular weight excluding hydrogens is 485 g/mol. The highest BCUT2D eigenvalue weighted by Crippen LogP contribution is 2.37. The number of nitrogens with one attached hydrogen (secondary N) is 1. The highest BCUT2D eigenvalue weighted by atomic mass is 35.5. The number of amides is 1. The number of carbonyl (C=O) groups excluding carboxylic acids is 1. The van der Waals surface area contributed by atoms with Crippen LogP contribution in [0.5, 0.6) is 0 Å². The topological polar surface area (TPSA) is 32.3 Å². The molecular formula is C29H28ClF3N2O. The average molecular weight is 513 g/mol. The molecule has 3 aromatic carbocycles. The Morgan fingerprint density at radius 2 is 1.78 bits per heavy atom. The average Bonchev–Trinajstić information content (AvgIpc) is 2.88. The molecule has 188 valence electrons. The van der Waals surface area contributed by atoms with Crippen LogP contribution in [0.2, 0.25) is 5.02 Å². The van der Waals surface area contributed by atoms with Gasteiger partial charge in [0, 0.05) is 12.6 Å². The molecule has 0 aliphatic carbocycles. The molecule has 3 aromatic rings. The molecule has 0 aromatic heterocycles. The fraction of sp³-hybridized carbons (Fsp3) is 0.276. The van der Waals surface area contributed by atoms with Crippen molar-refractivity contribution in [3.63, 3.8) is 0 Å². The number of rotatable bonds is 7. The Balaban J connectivity index is 1.73. The van der Waals surface area contributed by atoms with Crippen molar-refractivity contribution < 1.29 is 18.0 Å². The van der Waals surface area contributed by atoms with Crippen LogP contribution in [0, 0.1) is 0 Å². The van der Waals surface area contributed by atoms with Crippen molar-refractivity contribution in [3.8, 4) is 11.1 Å². The molecule has 36 heavy (non-hydrogen) atoms. The van der Waals surface area contributed by atoms with E-state index in [-0.39, 0.29) is 11.6 Å². The standard InChI is InChI=1S/C29H28ClF3N2O/c1-2-17-35-18-7-6-16-25(35)27(22-13-8-12-21(19-22)20-10-4-3-5-11-20)34-28(36)23-14-9-15-24(26(23)30)29(31,32)33/h2-5,8-15,19,25,27H,1,6-7,16-18H2,(H,34,36)/t25-,27-/m0/s1. The van der Waals surface area contributed by atoms with Gasteiger partial charge in [0.05, 0.1) is 22.2 Å². The maximum Gasteiger partial charge on any atom is 0.417 e. The van der Waals surface area contributed by atoms with Crippen molar-refractivity contribution in [2.45, 2.75) is 37.5 Å². The molecule has 1 aliphatic heterocycles. The van der Waals surface area contributed by atoms with Crippen molar-refractivity contribution in [2.24, 2.45) is 0 Å². The number of benzene rings is 3. The van der Waals surface area contributed by atoms with E-state index in [1.165, 1.54) is 12.1 Å². The maximum absolute atomic E-state index is 13.4. The lowest BCUT2D eigenvalue weighted by atomic mass is 9.89. The molecule has 1 heterocycles. The van der Waals surface area contributed by atoms with Crippen molar-refractivity contribution in [3.05, 3.63) is 107 Å². The molecule has 2 atom stereocenters. The fourth-order valence-corrected chi connectivity index (χ4v) is 5.19. The molecule has 3 nitrogen and oxygen atoms in total. The summed E-state index contributed by atoms with van der Waals surface area (Å²) >= 11 is 6.08. The summed E-state index contributed by atoms with van der Waals surface area (Å²) in [5.74, 6) is -0.634. The van der Waals surface area contributed by atoms with Crippen LogP contribution in [0.15, 0.2) is 85.5 Å². The Bertz CT molecular complexity index is 1210. The van der Waals surface area contributed by atoms with Gasteiger partial charge in [0.2, 0.25) is 0 Å². The second-order valence-corrected chi connectivity index (χ2v) is 9.33. The first-order valence-corrected chi connectivity index (χ1v) is 12.3. The van der Waals surface area contributed by atoms with Gasteiger partial charge in [0.25, 0.3) is 5.91 Å². The summed E-state index contributed by atoms with van der Waals surface area (Å²) in [5.41, 5.74) is 1.70. The largest absolute Gasteiger partial charge is 0.417 e. The predicted octanol–water partition coefficient (Wildman–Crippen LogP) is 7.54. The van der Waals surface area contributed by atoms with Crippen LogP contribution in [0.3, 0.4) is 0 Å². The monoisotopic (exact) mass is 512 g/mol. The number of nitrogens with zero attached hydrogens (tertiary/aromatic N) is 1. The fourth-order valence-electron chi connectivity index (χ4n) is 4.88. The summed E-state index contributed by atoms with van der Waals surface area (Å²) in [5, 5.41) is 2.45. The molecule has 1 N–H and O–H groups in total. The smallest absolute Gasteiger partial charge is 0.344 e. The van der Waals surface area contributed by atoms with Crippen LogP contribution < -0.4 is 5.32 Å². The highest BCUT2D eigenvalue weighted by molar-refractivity contribution is 6.34. The number of piperidine rings is 1. The molecule has 4 rings (SSSR count). The summed E-state index contributed by atoms with van der Waals surface area (Å²) in [6, 6.07) is 20.7. The third-order valence-corrected chi connectivity index (χ3v) is 7.01. The number of alkyl halides is 3. The number of carbonyl (C=O) groups is 1. The molecule has 0 radical (unpaired) electrons. The lowest BCUT2D eigenvalue weighted by Gasteiger charge is -2.40. The molecule has 0 spiro atoms. The molecule has 7 heteroatoms. The van der Waals surface area contributed by atoms with E-state index >= 15 is 0 Å². The number of hydrogen-bond donors (Lipinski definition) is 1. The van der Waals surface area contributed by atoms with Gasteiger partial charge in [-0.1, -0.05) is 78.7 Å². The summed E-state index contributed by atoms with van der Waals surface area (Å²) in [6.07, 6.45) is 0.0503. The lowest BCUT2D eigenvalue weighted by Crippen LogP contribution is -2.48. The molecule has 0 bridgehead atoms. The maximum atomic E-state index is 13.4. The quantitative estimate of drug-likeness (QED) is 0.332. The molecule has 1 saturated heterocycles. The van der Waals surface area contributed by atoms with E-state index in [0.717, 1.165) is 48.6 Å². The van der Waals surface area contributed by atoms with Crippen LogP contribution in [-0.2, 0) is 6.18 Å². The summed E-state index contributed by atoms with van der Waals surface area (Å²) < 4.78 is 40.3. The first-order valence-electron chi connectivity index (χ1n) is 12.0. The van der Waals surface area contributed by atoms with E-state index in [9.17, 15) is 18.0 Å². The summed E-state index contributed by atoms with van der Waals surface area (Å²) in [4.78, 5) is 15.7. The molecule has 1 amide bonds. The van der Waals surface area contributed by atoms with Crippen LogP contribution in [0.1, 0.15) is 46.8 Å². The first kappa shape index (κ1) is 26.0. The third kappa shape index (κ3) is 5.82. The second-order valence-electron chi connectivity index (χ2n) is 8.95. The van der Waals surface area contributed by atoms with Gasteiger partial charge in [-0.15, -0.1) is 6.58 Å². The van der Waals surface area contributed by atoms with E-state index in [0.29, 0.717) is 6.54 Å². The van der Waals surface area contributed by atoms with Gasteiger partial charge in [-0.05, 0) is 54.3 Å². The van der Waals surface area contributed by atoms with Crippen molar-refractivity contribution in [2.75, 3.05) is 13.1 Å². The predicted molar refractivity (Wildman–Crippen MR) is 138 cm³/mol. The zero-order chi connectivity index (χ0) is 25.7. The van der Waals surface area contributed by atoms with Crippen LogP contribution >= 0.6 is 11.6 Å². The van der Waals surface area contributed by atoms with E-state index in [1.54, 1.807) is 0 Å². The molecule has 0 saturated carbocycles. The highest BCUT2D eigenvalue weighted by Gasteiger charge is 2.36. The molecule has 1 aliphatic rings. The lowest BCUT2D eigenvalue weighted by molar-refractivity contribution is -0.137. The van der Waals surface area contributed by atoms with Crippen LogP contribution in [0.25, 0.3) is 11.1 Å². The zero-order valence-corrected chi connectivity index (χ0v) is 20.5. The minimum absolute atomic E-state index is 0.0451. The van der Waals surface area contributed by atoms with Crippen molar-refractivity contribution in [1.29, 1.82) is 0 Å². The normalized spacial score (nSPS) is 17.4. The van der Waals surface area contributed by atoms with E-state index in [2.05, 4.69) is 16.8 Å². The molecule has 1 fully saturated rings. The van der Waals surface area contributed by atoms with Gasteiger partial charge in [0.15, 0.2) is 0 Å². The second kappa shape index (κ2) is 11.3. The van der Waals surface area contributed by atoms with Gasteiger partial charge in [-0.3, -0.25) is 9.69 Å². The minimum Gasteiger partial charge on any atom is -0.344 e. The van der Waals surface area contributed by atoms with E-state index < -0.39 is 28.7 Å². The Kier molecular flexibility index (Phi) is 8.17. The zero-order valence-electron chi connectivity index (χ0n) is 19.8. The first-order chi connectivity index (χ1) is 17.3. The SMILES string of the molecule is C=CCN1CCCC[C@H]1[C@@H](NC(=O)c1cccc(C(F)(F)F)c1Cl)c1cccc(-c2ccccc2)c1. The van der Waals surface area contributed by atoms with Gasteiger partial charge < -0.3 is 5.32 Å². The Hall–Kier alpha value is -3.09. The van der Waals surface area contributed by atoms with Crippen molar-refractivity contribution in [1.82, 2.24) is 10.2 Å². The van der Waals surface area contributed by atoms with Crippen molar-refractivity contribution >= 4 is 17.5 Å². The Morgan fingerprint density at radius 3 is 2.50 bits per heavy atom. The number of halogens is 4. The van der Waals surface area contributed by atoms with Gasteiger partial charge in [-0.2, -0.15) is 13.2 Å². The Morgan fingerprint density at radius 1 is 1.06 bits per heavy atom. The Labute approximate surface area is 214 Å². The molecule has 0 unspecified atom stereocenters. The minimum atomic E-state index is -4.65. The number of likely N-dealkylation sites (tertiary alicyclic amines) is 1. The third-order valence-electron chi connectivity index (χ3n) is 6.60. The number of hydrogen-bond acceptors (Lipinski definition) is 2. The van der Waals surface area contributed by atoms with Gasteiger partial charge in [0.1, 0.15) is 0 Å². The van der Waals surface area contributed by atoms with Gasteiger partial charge in [-0.25, -0.2) is 0 Å². The van der Waals surface area contributed by atoms with Crippen LogP contribution in [0.4, 0.5) is 13.2 Å². The summed E-state index contributed by atoms with van der Waals surface area (Å²) in [6.45, 7) is 5.38. The van der Waals surface area contributed by atoms with E-state index in [4.69, 9.17) is 11.6 Å².